The van der Waals surface area contributed by atoms with Crippen molar-refractivity contribution >= 4 is 5.97 Å². The van der Waals surface area contributed by atoms with E-state index in [4.69, 9.17) is 4.74 Å². The summed E-state index contributed by atoms with van der Waals surface area (Å²) in [4.78, 5) is 15.9. The fourth-order valence-electron chi connectivity index (χ4n) is 2.32. The molecule has 1 N–H and O–H groups in total. The highest BCUT2D eigenvalue weighted by molar-refractivity contribution is 5.76. The van der Waals surface area contributed by atoms with Gasteiger partial charge in [0.25, 0.3) is 0 Å². The van der Waals surface area contributed by atoms with Gasteiger partial charge in [-0.3, -0.25) is 9.69 Å². The summed E-state index contributed by atoms with van der Waals surface area (Å²) < 4.78 is 4.77. The lowest BCUT2D eigenvalue weighted by Crippen LogP contribution is -2.41. The van der Waals surface area contributed by atoms with E-state index < -0.39 is 6.10 Å². The van der Waals surface area contributed by atoms with Crippen LogP contribution in [0.1, 0.15) is 20.3 Å². The number of methoxy groups -OCH3 is 1. The SMILES string of the molecule is CCN(CC)CCN1CC(O)CC1C(=O)OC. The first-order valence-electron chi connectivity index (χ1n) is 6.34. The molecule has 17 heavy (non-hydrogen) atoms. The predicted molar refractivity (Wildman–Crippen MR) is 65.8 cm³/mol. The van der Waals surface area contributed by atoms with Crippen molar-refractivity contribution in [1.82, 2.24) is 9.80 Å². The molecule has 2 unspecified atom stereocenters. The summed E-state index contributed by atoms with van der Waals surface area (Å²) in [5, 5.41) is 9.63. The fourth-order valence-corrected chi connectivity index (χ4v) is 2.32. The van der Waals surface area contributed by atoms with Crippen molar-refractivity contribution in [2.75, 3.05) is 39.8 Å². The van der Waals surface area contributed by atoms with Crippen LogP contribution in [0.15, 0.2) is 0 Å². The van der Waals surface area contributed by atoms with Crippen LogP contribution in [0.5, 0.6) is 0 Å². The number of esters is 1. The number of aliphatic hydroxyl groups excluding tert-OH is 1. The number of hydrogen-bond donors (Lipinski definition) is 1. The van der Waals surface area contributed by atoms with Gasteiger partial charge in [-0.05, 0) is 13.1 Å². The van der Waals surface area contributed by atoms with Gasteiger partial charge >= 0.3 is 5.97 Å². The zero-order valence-corrected chi connectivity index (χ0v) is 11.1. The van der Waals surface area contributed by atoms with Crippen molar-refractivity contribution in [2.24, 2.45) is 0 Å². The summed E-state index contributed by atoms with van der Waals surface area (Å²) in [6.45, 7) is 8.57. The second-order valence-corrected chi connectivity index (χ2v) is 4.45. The first-order valence-corrected chi connectivity index (χ1v) is 6.34. The quantitative estimate of drug-likeness (QED) is 0.663. The standard InChI is InChI=1S/C12H24N2O3/c1-4-13(5-2)6-7-14-9-10(15)8-11(14)12(16)17-3/h10-11,15H,4-9H2,1-3H3. The van der Waals surface area contributed by atoms with Gasteiger partial charge in [0.15, 0.2) is 0 Å². The third-order valence-corrected chi connectivity index (χ3v) is 3.45. The molecule has 5 nitrogen and oxygen atoms in total. The highest BCUT2D eigenvalue weighted by Gasteiger charge is 2.36. The van der Waals surface area contributed by atoms with Crippen molar-refractivity contribution in [3.05, 3.63) is 0 Å². The van der Waals surface area contributed by atoms with Crippen LogP contribution in [0, 0.1) is 0 Å². The van der Waals surface area contributed by atoms with Gasteiger partial charge in [0.2, 0.25) is 0 Å². The maximum atomic E-state index is 11.6. The van der Waals surface area contributed by atoms with Gasteiger partial charge in [-0.2, -0.15) is 0 Å². The van der Waals surface area contributed by atoms with Crippen molar-refractivity contribution in [2.45, 2.75) is 32.4 Å². The molecule has 2 atom stereocenters. The largest absolute Gasteiger partial charge is 0.468 e. The zero-order valence-electron chi connectivity index (χ0n) is 11.1. The Morgan fingerprint density at radius 2 is 2.12 bits per heavy atom. The van der Waals surface area contributed by atoms with E-state index in [-0.39, 0.29) is 12.0 Å². The molecule has 0 aromatic rings. The highest BCUT2D eigenvalue weighted by Crippen LogP contribution is 2.18. The minimum atomic E-state index is -0.407. The Morgan fingerprint density at radius 3 is 2.65 bits per heavy atom. The van der Waals surface area contributed by atoms with Crippen LogP contribution in [0.25, 0.3) is 0 Å². The van der Waals surface area contributed by atoms with E-state index in [0.717, 1.165) is 26.2 Å². The van der Waals surface area contributed by atoms with Crippen LogP contribution >= 0.6 is 0 Å². The van der Waals surface area contributed by atoms with E-state index in [0.29, 0.717) is 13.0 Å². The average molecular weight is 244 g/mol. The summed E-state index contributed by atoms with van der Waals surface area (Å²) >= 11 is 0. The first kappa shape index (κ1) is 14.4. The molecular formula is C12H24N2O3. The summed E-state index contributed by atoms with van der Waals surface area (Å²) in [6, 6.07) is -0.273. The van der Waals surface area contributed by atoms with Gasteiger partial charge in [0.1, 0.15) is 6.04 Å². The molecule has 100 valence electrons. The molecule has 1 rings (SSSR count). The number of aliphatic hydroxyl groups is 1. The number of nitrogens with zero attached hydrogens (tertiary/aromatic N) is 2. The number of ether oxygens (including phenoxy) is 1. The zero-order chi connectivity index (χ0) is 12.8. The van der Waals surface area contributed by atoms with E-state index >= 15 is 0 Å². The van der Waals surface area contributed by atoms with Gasteiger partial charge in [-0.15, -0.1) is 0 Å². The number of likely N-dealkylation sites (N-methyl/N-ethyl adjacent to an activating group) is 1. The number of carbonyl (C=O) groups excluding carboxylic acids is 1. The Balaban J connectivity index is 2.47. The Bertz CT molecular complexity index is 244. The van der Waals surface area contributed by atoms with Crippen LogP contribution in [0.4, 0.5) is 0 Å². The molecule has 1 aliphatic rings. The van der Waals surface area contributed by atoms with E-state index in [1.165, 1.54) is 7.11 Å². The molecule has 5 heteroatoms. The lowest BCUT2D eigenvalue weighted by Gasteiger charge is -2.25. The third kappa shape index (κ3) is 3.94. The molecule has 0 aromatic carbocycles. The van der Waals surface area contributed by atoms with Gasteiger partial charge in [-0.1, -0.05) is 13.8 Å². The van der Waals surface area contributed by atoms with Crippen LogP contribution in [-0.2, 0) is 9.53 Å². The van der Waals surface area contributed by atoms with Gasteiger partial charge in [0, 0.05) is 26.1 Å². The van der Waals surface area contributed by atoms with Crippen LogP contribution in [0.3, 0.4) is 0 Å². The van der Waals surface area contributed by atoms with Gasteiger partial charge < -0.3 is 14.7 Å². The molecular weight excluding hydrogens is 220 g/mol. The first-order chi connectivity index (χ1) is 8.12. The highest BCUT2D eigenvalue weighted by atomic mass is 16.5. The molecule has 0 radical (unpaired) electrons. The van der Waals surface area contributed by atoms with E-state index in [1.807, 2.05) is 4.90 Å². The predicted octanol–water partition coefficient (Wildman–Crippen LogP) is -0.0636. The minimum absolute atomic E-state index is 0.235. The summed E-state index contributed by atoms with van der Waals surface area (Å²) in [7, 11) is 1.40. The molecule has 1 saturated heterocycles. The molecule has 0 aromatic heterocycles. The number of carbonyl (C=O) groups is 1. The Labute approximate surface area is 103 Å². The normalized spacial score (nSPS) is 25.5. The molecule has 0 aliphatic carbocycles. The van der Waals surface area contributed by atoms with Crippen molar-refractivity contribution in [3.8, 4) is 0 Å². The summed E-state index contributed by atoms with van der Waals surface area (Å²) in [5.74, 6) is -0.235. The second kappa shape index (κ2) is 6.93. The molecule has 0 saturated carbocycles. The molecule has 0 amide bonds. The van der Waals surface area contributed by atoms with Crippen LogP contribution < -0.4 is 0 Å². The van der Waals surface area contributed by atoms with Crippen molar-refractivity contribution < 1.29 is 14.6 Å². The maximum absolute atomic E-state index is 11.6. The smallest absolute Gasteiger partial charge is 0.323 e. The maximum Gasteiger partial charge on any atom is 0.323 e. The summed E-state index contributed by atoms with van der Waals surface area (Å²) in [6.07, 6.45) is 0.0843. The van der Waals surface area contributed by atoms with Gasteiger partial charge in [-0.25, -0.2) is 0 Å². The fraction of sp³-hybridized carbons (Fsp3) is 0.917. The number of rotatable bonds is 6. The lowest BCUT2D eigenvalue weighted by molar-refractivity contribution is -0.145. The molecule has 1 aliphatic heterocycles. The molecule has 0 spiro atoms. The number of β-amino-alcohol motifs (C(OH)–C–C–N with tert-alkyl or cyclic N) is 1. The number of likely N-dealkylation sites (tertiary alicyclic amines) is 1. The molecule has 1 heterocycles. The third-order valence-electron chi connectivity index (χ3n) is 3.45. The Kier molecular flexibility index (Phi) is 5.88. The van der Waals surface area contributed by atoms with E-state index in [9.17, 15) is 9.90 Å². The Hall–Kier alpha value is -0.650. The van der Waals surface area contributed by atoms with Gasteiger partial charge in [0.05, 0.1) is 13.2 Å². The lowest BCUT2D eigenvalue weighted by atomic mass is 10.2. The summed E-state index contributed by atoms with van der Waals surface area (Å²) in [5.41, 5.74) is 0. The topological polar surface area (TPSA) is 53.0 Å². The van der Waals surface area contributed by atoms with Crippen LogP contribution in [0.2, 0.25) is 0 Å². The van der Waals surface area contributed by atoms with E-state index in [1.54, 1.807) is 0 Å². The molecule has 0 bridgehead atoms. The second-order valence-electron chi connectivity index (χ2n) is 4.45. The van der Waals surface area contributed by atoms with Crippen molar-refractivity contribution in [1.29, 1.82) is 0 Å². The van der Waals surface area contributed by atoms with Crippen molar-refractivity contribution in [3.63, 3.8) is 0 Å². The van der Waals surface area contributed by atoms with E-state index in [2.05, 4.69) is 18.7 Å². The monoisotopic (exact) mass is 244 g/mol. The average Bonchev–Trinajstić information content (AvgIpc) is 2.71. The Morgan fingerprint density at radius 1 is 1.47 bits per heavy atom. The minimum Gasteiger partial charge on any atom is -0.468 e. The van der Waals surface area contributed by atoms with Crippen LogP contribution in [-0.4, -0.2) is 72.9 Å². The molecule has 1 fully saturated rings. The number of hydrogen-bond acceptors (Lipinski definition) is 5.